The summed E-state index contributed by atoms with van der Waals surface area (Å²) in [7, 11) is 0. The summed E-state index contributed by atoms with van der Waals surface area (Å²) in [6, 6.07) is 21.3. The van der Waals surface area contributed by atoms with Crippen molar-refractivity contribution in [1.82, 2.24) is 0 Å². The maximum absolute atomic E-state index is 12.0. The van der Waals surface area contributed by atoms with Crippen LogP contribution < -0.4 is 5.32 Å². The van der Waals surface area contributed by atoms with Crippen molar-refractivity contribution in [1.29, 1.82) is 0 Å². The summed E-state index contributed by atoms with van der Waals surface area (Å²) in [4.78, 5) is 12.0. The zero-order valence-corrected chi connectivity index (χ0v) is 12.5. The van der Waals surface area contributed by atoms with Gasteiger partial charge < -0.3 is 5.32 Å². The second-order valence-electron chi connectivity index (χ2n) is 4.91. The van der Waals surface area contributed by atoms with Crippen LogP contribution in [0.4, 0.5) is 5.69 Å². The lowest BCUT2D eigenvalue weighted by molar-refractivity contribution is -0.111. The lowest BCUT2D eigenvalue weighted by atomic mass is 10.1. The van der Waals surface area contributed by atoms with E-state index < -0.39 is 0 Å². The molecule has 0 aliphatic carbocycles. The van der Waals surface area contributed by atoms with Crippen molar-refractivity contribution in [3.63, 3.8) is 0 Å². The number of rotatable bonds is 3. The Kier molecular flexibility index (Phi) is 4.22. The average molecular weight is 308 g/mol. The zero-order valence-electron chi connectivity index (χ0n) is 11.8. The van der Waals surface area contributed by atoms with E-state index in [-0.39, 0.29) is 5.91 Å². The molecule has 108 valence electrons. The Morgan fingerprint density at radius 3 is 2.45 bits per heavy atom. The lowest BCUT2D eigenvalue weighted by Crippen LogP contribution is -2.07. The van der Waals surface area contributed by atoms with Crippen LogP contribution in [0.5, 0.6) is 0 Å². The first-order valence-electron chi connectivity index (χ1n) is 6.95. The van der Waals surface area contributed by atoms with Crippen LogP contribution in [0.2, 0.25) is 5.02 Å². The second-order valence-corrected chi connectivity index (χ2v) is 5.31. The molecule has 0 aliphatic heterocycles. The van der Waals surface area contributed by atoms with Gasteiger partial charge in [0, 0.05) is 16.8 Å². The number of carbonyl (C=O) groups excluding carboxylic acids is 1. The van der Waals surface area contributed by atoms with Crippen LogP contribution in [0.15, 0.2) is 72.8 Å². The fourth-order valence-corrected chi connectivity index (χ4v) is 2.43. The van der Waals surface area contributed by atoms with Crippen LogP contribution in [-0.4, -0.2) is 5.91 Å². The van der Waals surface area contributed by atoms with Gasteiger partial charge in [0.25, 0.3) is 0 Å². The summed E-state index contributed by atoms with van der Waals surface area (Å²) in [5, 5.41) is 5.72. The molecule has 0 radical (unpaired) electrons. The molecule has 0 heterocycles. The number of fused-ring (bicyclic) bond motifs is 1. The molecule has 0 spiro atoms. The fraction of sp³-hybridized carbons (Fsp3) is 0. The normalized spacial score (nSPS) is 11.0. The number of benzene rings is 3. The van der Waals surface area contributed by atoms with Crippen molar-refractivity contribution in [2.45, 2.75) is 0 Å². The highest BCUT2D eigenvalue weighted by Gasteiger charge is 2.00. The molecule has 2 nitrogen and oxygen atoms in total. The van der Waals surface area contributed by atoms with E-state index in [4.69, 9.17) is 11.6 Å². The number of halogens is 1. The molecule has 0 bridgehead atoms. The number of amides is 1. The van der Waals surface area contributed by atoms with E-state index in [0.29, 0.717) is 5.02 Å². The molecule has 0 aromatic heterocycles. The molecule has 3 aromatic rings. The summed E-state index contributed by atoms with van der Waals surface area (Å²) in [5.41, 5.74) is 1.59. The molecule has 0 fully saturated rings. The van der Waals surface area contributed by atoms with Gasteiger partial charge in [0.05, 0.1) is 0 Å². The standard InChI is InChI=1S/C19H14ClNO/c20-18-8-4-3-6-15(18)10-12-19(22)21-17-11-9-14-5-1-2-7-16(14)13-17/h1-13H,(H,21,22)/b12-10+. The molecule has 0 aliphatic rings. The monoisotopic (exact) mass is 307 g/mol. The van der Waals surface area contributed by atoms with Gasteiger partial charge in [-0.25, -0.2) is 0 Å². The third kappa shape index (κ3) is 3.35. The van der Waals surface area contributed by atoms with Crippen LogP contribution in [0.25, 0.3) is 16.8 Å². The van der Waals surface area contributed by atoms with E-state index in [0.717, 1.165) is 22.0 Å². The Morgan fingerprint density at radius 1 is 0.909 bits per heavy atom. The largest absolute Gasteiger partial charge is 0.322 e. The average Bonchev–Trinajstić information content (AvgIpc) is 2.54. The lowest BCUT2D eigenvalue weighted by Gasteiger charge is -2.04. The highest BCUT2D eigenvalue weighted by molar-refractivity contribution is 6.32. The summed E-state index contributed by atoms with van der Waals surface area (Å²) in [5.74, 6) is -0.185. The van der Waals surface area contributed by atoms with Gasteiger partial charge in [-0.2, -0.15) is 0 Å². The first-order valence-corrected chi connectivity index (χ1v) is 7.32. The summed E-state index contributed by atoms with van der Waals surface area (Å²) >= 11 is 6.05. The molecular formula is C19H14ClNO. The van der Waals surface area contributed by atoms with Crippen molar-refractivity contribution in [3.05, 3.63) is 83.4 Å². The topological polar surface area (TPSA) is 29.1 Å². The minimum absolute atomic E-state index is 0.185. The van der Waals surface area contributed by atoms with Crippen molar-refractivity contribution >= 4 is 40.0 Å². The van der Waals surface area contributed by atoms with E-state index in [2.05, 4.69) is 5.32 Å². The van der Waals surface area contributed by atoms with E-state index in [9.17, 15) is 4.79 Å². The number of hydrogen-bond acceptors (Lipinski definition) is 1. The molecule has 0 atom stereocenters. The second kappa shape index (κ2) is 6.46. The Morgan fingerprint density at radius 2 is 1.64 bits per heavy atom. The van der Waals surface area contributed by atoms with Crippen molar-refractivity contribution in [2.24, 2.45) is 0 Å². The summed E-state index contributed by atoms with van der Waals surface area (Å²) in [6.45, 7) is 0. The van der Waals surface area contributed by atoms with Crippen molar-refractivity contribution in [2.75, 3.05) is 5.32 Å². The molecule has 0 saturated carbocycles. The van der Waals surface area contributed by atoms with Gasteiger partial charge in [-0.3, -0.25) is 4.79 Å². The minimum atomic E-state index is -0.185. The summed E-state index contributed by atoms with van der Waals surface area (Å²) in [6.07, 6.45) is 3.19. The van der Waals surface area contributed by atoms with Gasteiger partial charge in [0.2, 0.25) is 5.91 Å². The third-order valence-corrected chi connectivity index (χ3v) is 3.68. The first-order chi connectivity index (χ1) is 10.7. The van der Waals surface area contributed by atoms with Gasteiger partial charge in [0.1, 0.15) is 0 Å². The van der Waals surface area contributed by atoms with E-state index in [1.165, 1.54) is 6.08 Å². The predicted octanol–water partition coefficient (Wildman–Crippen LogP) is 5.15. The third-order valence-electron chi connectivity index (χ3n) is 3.34. The Bertz CT molecular complexity index is 855. The van der Waals surface area contributed by atoms with Crippen molar-refractivity contribution < 1.29 is 4.79 Å². The Hall–Kier alpha value is -2.58. The van der Waals surface area contributed by atoms with Crippen molar-refractivity contribution in [3.8, 4) is 0 Å². The maximum atomic E-state index is 12.0. The van der Waals surface area contributed by atoms with Crippen LogP contribution in [0.3, 0.4) is 0 Å². The number of anilines is 1. The van der Waals surface area contributed by atoms with Crippen LogP contribution >= 0.6 is 11.6 Å². The molecule has 1 N–H and O–H groups in total. The highest BCUT2D eigenvalue weighted by Crippen LogP contribution is 2.19. The Labute approximate surface area is 134 Å². The number of nitrogens with one attached hydrogen (secondary N) is 1. The van der Waals surface area contributed by atoms with Gasteiger partial charge >= 0.3 is 0 Å². The van der Waals surface area contributed by atoms with E-state index >= 15 is 0 Å². The van der Waals surface area contributed by atoms with Crippen LogP contribution in [0.1, 0.15) is 5.56 Å². The number of carbonyl (C=O) groups is 1. The molecular weight excluding hydrogens is 294 g/mol. The van der Waals surface area contributed by atoms with Crippen LogP contribution in [0, 0.1) is 0 Å². The molecule has 22 heavy (non-hydrogen) atoms. The van der Waals surface area contributed by atoms with E-state index in [1.54, 1.807) is 12.1 Å². The maximum Gasteiger partial charge on any atom is 0.248 e. The number of hydrogen-bond donors (Lipinski definition) is 1. The highest BCUT2D eigenvalue weighted by atomic mass is 35.5. The molecule has 3 aromatic carbocycles. The zero-order chi connectivity index (χ0) is 15.4. The SMILES string of the molecule is O=C(/C=C/c1ccccc1Cl)Nc1ccc2ccccc2c1. The minimum Gasteiger partial charge on any atom is -0.322 e. The molecule has 3 rings (SSSR count). The van der Waals surface area contributed by atoms with Gasteiger partial charge in [-0.15, -0.1) is 0 Å². The molecule has 0 saturated heterocycles. The molecule has 0 unspecified atom stereocenters. The quantitative estimate of drug-likeness (QED) is 0.666. The fourth-order valence-electron chi connectivity index (χ4n) is 2.23. The first kappa shape index (κ1) is 14.4. The molecule has 3 heteroatoms. The smallest absolute Gasteiger partial charge is 0.248 e. The van der Waals surface area contributed by atoms with Gasteiger partial charge in [-0.05, 0) is 40.6 Å². The van der Waals surface area contributed by atoms with Gasteiger partial charge in [0.15, 0.2) is 0 Å². The molecule has 1 amide bonds. The van der Waals surface area contributed by atoms with Gasteiger partial charge in [-0.1, -0.05) is 60.1 Å². The summed E-state index contributed by atoms with van der Waals surface area (Å²) < 4.78 is 0. The van der Waals surface area contributed by atoms with E-state index in [1.807, 2.05) is 60.7 Å². The predicted molar refractivity (Wildman–Crippen MR) is 93.1 cm³/mol. The van der Waals surface area contributed by atoms with Crippen LogP contribution in [-0.2, 0) is 4.79 Å². The Balaban J connectivity index is 1.74.